The van der Waals surface area contributed by atoms with Gasteiger partial charge in [0.25, 0.3) is 5.91 Å². The van der Waals surface area contributed by atoms with Crippen LogP contribution in [0.5, 0.6) is 0 Å². The van der Waals surface area contributed by atoms with Crippen LogP contribution in [0.15, 0.2) is 66.9 Å². The molecule has 1 aromatic heterocycles. The number of hydrogen-bond acceptors (Lipinski definition) is 5. The van der Waals surface area contributed by atoms with Crippen LogP contribution in [0.1, 0.15) is 16.1 Å². The van der Waals surface area contributed by atoms with Crippen LogP contribution in [-0.4, -0.2) is 37.2 Å². The summed E-state index contributed by atoms with van der Waals surface area (Å²) in [6.45, 7) is 5.04. The lowest BCUT2D eigenvalue weighted by Crippen LogP contribution is -2.36. The zero-order valence-electron chi connectivity index (χ0n) is 16.4. The van der Waals surface area contributed by atoms with Gasteiger partial charge >= 0.3 is 0 Å². The zero-order chi connectivity index (χ0) is 20.1. The van der Waals surface area contributed by atoms with Crippen molar-refractivity contribution < 1.29 is 9.53 Å². The van der Waals surface area contributed by atoms with E-state index < -0.39 is 0 Å². The lowest BCUT2D eigenvalue weighted by molar-refractivity contribution is 0.102. The van der Waals surface area contributed by atoms with Gasteiger partial charge in [0.15, 0.2) is 0 Å². The van der Waals surface area contributed by atoms with Crippen LogP contribution < -0.4 is 15.5 Å². The summed E-state index contributed by atoms with van der Waals surface area (Å²) in [5.74, 6) is -0.237. The highest BCUT2D eigenvalue weighted by Crippen LogP contribution is 2.27. The predicted octanol–water partition coefficient (Wildman–Crippen LogP) is 4.22. The number of carbonyl (C=O) groups is 1. The highest BCUT2D eigenvalue weighted by molar-refractivity contribution is 6.05. The fourth-order valence-electron chi connectivity index (χ4n) is 3.37. The molecule has 1 aliphatic heterocycles. The summed E-state index contributed by atoms with van der Waals surface area (Å²) >= 11 is 0. The van der Waals surface area contributed by atoms with Crippen LogP contribution in [0.2, 0.25) is 0 Å². The Morgan fingerprint density at radius 2 is 1.79 bits per heavy atom. The summed E-state index contributed by atoms with van der Waals surface area (Å²) in [6.07, 6.45) is 1.64. The number of benzene rings is 2. The van der Waals surface area contributed by atoms with E-state index in [1.54, 1.807) is 12.3 Å². The molecule has 2 aromatic carbocycles. The molecule has 1 saturated heterocycles. The Balaban J connectivity index is 1.51. The van der Waals surface area contributed by atoms with E-state index in [2.05, 4.69) is 26.6 Å². The number of nitrogens with zero attached hydrogens (tertiary/aromatic N) is 2. The highest BCUT2D eigenvalue weighted by atomic mass is 16.5. The Morgan fingerprint density at radius 3 is 2.62 bits per heavy atom. The Morgan fingerprint density at radius 1 is 1.00 bits per heavy atom. The molecule has 29 heavy (non-hydrogen) atoms. The standard InChI is InChI=1S/C23H24N4O2/c1-17-5-4-6-18(15-17)25-19-9-10-24-21(16-19)23(28)26-20-7-2-3-8-22(20)27-11-13-29-14-12-27/h2-10,15-16H,11-14H2,1H3,(H,24,25)(H,26,28). The molecule has 1 fully saturated rings. The lowest BCUT2D eigenvalue weighted by Gasteiger charge is -2.30. The maximum Gasteiger partial charge on any atom is 0.274 e. The number of hydrogen-bond donors (Lipinski definition) is 2. The number of nitrogens with one attached hydrogen (secondary N) is 2. The molecule has 6 nitrogen and oxygen atoms in total. The van der Waals surface area contributed by atoms with E-state index in [4.69, 9.17) is 4.74 Å². The monoisotopic (exact) mass is 388 g/mol. The van der Waals surface area contributed by atoms with E-state index >= 15 is 0 Å². The quantitative estimate of drug-likeness (QED) is 0.685. The maximum absolute atomic E-state index is 12.9. The second-order valence-corrected chi connectivity index (χ2v) is 6.99. The van der Waals surface area contributed by atoms with Crippen molar-refractivity contribution in [2.75, 3.05) is 41.8 Å². The third-order valence-electron chi connectivity index (χ3n) is 4.80. The average Bonchev–Trinajstić information content (AvgIpc) is 2.75. The number of amides is 1. The highest BCUT2D eigenvalue weighted by Gasteiger charge is 2.17. The van der Waals surface area contributed by atoms with E-state index in [-0.39, 0.29) is 5.91 Å². The molecule has 1 amide bonds. The normalized spacial score (nSPS) is 13.8. The molecule has 1 aliphatic rings. The van der Waals surface area contributed by atoms with Crippen molar-refractivity contribution in [3.63, 3.8) is 0 Å². The second kappa shape index (κ2) is 8.75. The summed E-state index contributed by atoms with van der Waals surface area (Å²) in [5, 5.41) is 6.34. The van der Waals surface area contributed by atoms with E-state index in [9.17, 15) is 4.79 Å². The fraction of sp³-hybridized carbons (Fsp3) is 0.217. The van der Waals surface area contributed by atoms with Gasteiger partial charge < -0.3 is 20.3 Å². The molecule has 0 atom stereocenters. The van der Waals surface area contributed by atoms with Gasteiger partial charge in [-0.05, 0) is 48.9 Å². The van der Waals surface area contributed by atoms with Crippen molar-refractivity contribution in [3.05, 3.63) is 78.1 Å². The lowest BCUT2D eigenvalue weighted by atomic mass is 10.2. The summed E-state index contributed by atoms with van der Waals surface area (Å²) in [7, 11) is 0. The number of pyridine rings is 1. The first-order valence-electron chi connectivity index (χ1n) is 9.72. The molecule has 0 spiro atoms. The van der Waals surface area contributed by atoms with Crippen molar-refractivity contribution in [2.45, 2.75) is 6.92 Å². The summed E-state index contributed by atoms with van der Waals surface area (Å²) < 4.78 is 5.43. The van der Waals surface area contributed by atoms with Gasteiger partial charge in [-0.15, -0.1) is 0 Å². The van der Waals surface area contributed by atoms with Gasteiger partial charge in [0.05, 0.1) is 24.6 Å². The molecular formula is C23H24N4O2. The number of carbonyl (C=O) groups excluding carboxylic acids is 1. The predicted molar refractivity (Wildman–Crippen MR) is 116 cm³/mol. The first kappa shape index (κ1) is 19.0. The minimum atomic E-state index is -0.237. The fourth-order valence-corrected chi connectivity index (χ4v) is 3.37. The van der Waals surface area contributed by atoms with Crippen LogP contribution in [0.25, 0.3) is 0 Å². The minimum Gasteiger partial charge on any atom is -0.378 e. The van der Waals surface area contributed by atoms with Crippen LogP contribution in [0.3, 0.4) is 0 Å². The molecular weight excluding hydrogens is 364 g/mol. The second-order valence-electron chi connectivity index (χ2n) is 6.99. The summed E-state index contributed by atoms with van der Waals surface area (Å²) in [6, 6.07) is 19.5. The van der Waals surface area contributed by atoms with Crippen molar-refractivity contribution in [1.82, 2.24) is 4.98 Å². The number of ether oxygens (including phenoxy) is 1. The van der Waals surface area contributed by atoms with E-state index in [1.807, 2.05) is 55.5 Å². The molecule has 6 heteroatoms. The molecule has 4 rings (SSSR count). The van der Waals surface area contributed by atoms with Crippen molar-refractivity contribution in [1.29, 1.82) is 0 Å². The number of para-hydroxylation sites is 2. The summed E-state index contributed by atoms with van der Waals surface area (Å²) in [5.41, 5.74) is 5.09. The Hall–Kier alpha value is -3.38. The van der Waals surface area contributed by atoms with Gasteiger partial charge in [-0.1, -0.05) is 24.3 Å². The number of aryl methyl sites for hydroxylation is 1. The topological polar surface area (TPSA) is 66.5 Å². The largest absolute Gasteiger partial charge is 0.378 e. The van der Waals surface area contributed by atoms with Crippen LogP contribution in [0, 0.1) is 6.92 Å². The molecule has 148 valence electrons. The summed E-state index contributed by atoms with van der Waals surface area (Å²) in [4.78, 5) is 19.3. The van der Waals surface area contributed by atoms with Gasteiger partial charge in [-0.2, -0.15) is 0 Å². The van der Waals surface area contributed by atoms with Gasteiger partial charge in [0.2, 0.25) is 0 Å². The molecule has 0 radical (unpaired) electrons. The first-order valence-corrected chi connectivity index (χ1v) is 9.72. The third-order valence-corrected chi connectivity index (χ3v) is 4.80. The van der Waals surface area contributed by atoms with Gasteiger partial charge in [0, 0.05) is 30.7 Å². The van der Waals surface area contributed by atoms with Crippen LogP contribution in [-0.2, 0) is 4.74 Å². The maximum atomic E-state index is 12.9. The SMILES string of the molecule is Cc1cccc(Nc2ccnc(C(=O)Nc3ccccc3N3CCOCC3)c2)c1. The zero-order valence-corrected chi connectivity index (χ0v) is 16.4. The first-order chi connectivity index (χ1) is 14.2. The Labute approximate surface area is 170 Å². The molecule has 2 heterocycles. The smallest absolute Gasteiger partial charge is 0.274 e. The number of aromatic nitrogens is 1. The molecule has 3 aromatic rings. The average molecular weight is 388 g/mol. The molecule has 0 unspecified atom stereocenters. The Kier molecular flexibility index (Phi) is 5.72. The third kappa shape index (κ3) is 4.73. The van der Waals surface area contributed by atoms with Crippen molar-refractivity contribution in [3.8, 4) is 0 Å². The molecule has 2 N–H and O–H groups in total. The van der Waals surface area contributed by atoms with Crippen molar-refractivity contribution >= 4 is 28.7 Å². The minimum absolute atomic E-state index is 0.237. The number of anilines is 4. The molecule has 0 saturated carbocycles. The van der Waals surface area contributed by atoms with E-state index in [0.717, 1.165) is 35.8 Å². The van der Waals surface area contributed by atoms with Gasteiger partial charge in [0.1, 0.15) is 5.69 Å². The number of morpholine rings is 1. The van der Waals surface area contributed by atoms with Crippen molar-refractivity contribution in [2.24, 2.45) is 0 Å². The van der Waals surface area contributed by atoms with Crippen LogP contribution in [0.4, 0.5) is 22.7 Å². The number of rotatable bonds is 5. The van der Waals surface area contributed by atoms with E-state index in [1.165, 1.54) is 5.56 Å². The van der Waals surface area contributed by atoms with Crippen LogP contribution >= 0.6 is 0 Å². The van der Waals surface area contributed by atoms with Gasteiger partial charge in [-0.25, -0.2) is 0 Å². The molecule has 0 aliphatic carbocycles. The van der Waals surface area contributed by atoms with Gasteiger partial charge in [-0.3, -0.25) is 9.78 Å². The molecule has 0 bridgehead atoms. The Bertz CT molecular complexity index is 999. The van der Waals surface area contributed by atoms with E-state index in [0.29, 0.717) is 18.9 Å².